The first-order chi connectivity index (χ1) is 24.4. The van der Waals surface area contributed by atoms with Crippen LogP contribution in [0, 0.1) is 83.1 Å². The Hall–Kier alpha value is -5.22. The van der Waals surface area contributed by atoms with Crippen LogP contribution >= 0.6 is 0 Å². The molecule has 268 valence electrons. The molecular formula is C48H52O4. The van der Waals surface area contributed by atoms with E-state index in [1.165, 1.54) is 0 Å². The average Bonchev–Trinajstić information content (AvgIpc) is 3.12. The summed E-state index contributed by atoms with van der Waals surface area (Å²) in [5, 5.41) is 45.8. The number of aryl methyl sites for hydroxylation is 4. The number of phenolic OH excluding ortho intramolecular Hbond substituents is 4. The van der Waals surface area contributed by atoms with Crippen molar-refractivity contribution < 1.29 is 20.4 Å². The monoisotopic (exact) mass is 692 g/mol. The van der Waals surface area contributed by atoms with Crippen molar-refractivity contribution in [2.45, 2.75) is 94.9 Å². The molecule has 6 rings (SSSR count). The molecule has 4 nitrogen and oxygen atoms in total. The lowest BCUT2D eigenvalue weighted by molar-refractivity contribution is 0.465. The van der Waals surface area contributed by atoms with E-state index in [2.05, 4.69) is 88.4 Å². The van der Waals surface area contributed by atoms with Gasteiger partial charge < -0.3 is 20.4 Å². The largest absolute Gasteiger partial charge is 0.507 e. The van der Waals surface area contributed by atoms with Crippen LogP contribution in [0.4, 0.5) is 0 Å². The van der Waals surface area contributed by atoms with Crippen molar-refractivity contribution >= 4 is 10.8 Å². The van der Waals surface area contributed by atoms with Gasteiger partial charge in [-0.05, 0) is 194 Å². The van der Waals surface area contributed by atoms with E-state index in [0.29, 0.717) is 23.0 Å². The molecule has 0 heterocycles. The van der Waals surface area contributed by atoms with Gasteiger partial charge in [-0.2, -0.15) is 0 Å². The van der Waals surface area contributed by atoms with Crippen molar-refractivity contribution in [2.24, 2.45) is 0 Å². The Morgan fingerprint density at radius 1 is 0.308 bits per heavy atom. The van der Waals surface area contributed by atoms with Gasteiger partial charge >= 0.3 is 0 Å². The summed E-state index contributed by atoms with van der Waals surface area (Å²) in [4.78, 5) is 0. The topological polar surface area (TPSA) is 80.9 Å². The third-order valence-electron chi connectivity index (χ3n) is 12.2. The molecule has 0 aliphatic heterocycles. The minimum atomic E-state index is -0.144. The molecule has 0 unspecified atom stereocenters. The summed E-state index contributed by atoms with van der Waals surface area (Å²) in [6.45, 7) is 24.1. The van der Waals surface area contributed by atoms with Gasteiger partial charge in [0.05, 0.1) is 0 Å². The van der Waals surface area contributed by atoms with Crippen LogP contribution < -0.4 is 0 Å². The highest BCUT2D eigenvalue weighted by Gasteiger charge is 2.28. The predicted octanol–water partition coefficient (Wildman–Crippen LogP) is 11.7. The standard InChI is InChI=1S/C48H52O4/c1-23-17-39(27(5)31(9)45(23)49)43(40-18-24(2)46(50)32(10)28(40)6)36-15-13-35-14-16-37(22-38(35)21-36)44(41-19-25(3)47(51)33(11)29(41)7)42-20-26(4)48(52)34(12)30(42)8/h13-22,43-44,49-52H,1-12H3. The van der Waals surface area contributed by atoms with Gasteiger partial charge in [0, 0.05) is 11.8 Å². The van der Waals surface area contributed by atoms with Crippen LogP contribution in [-0.2, 0) is 0 Å². The highest BCUT2D eigenvalue weighted by atomic mass is 16.3. The smallest absolute Gasteiger partial charge is 0.121 e. The molecule has 0 aliphatic rings. The van der Waals surface area contributed by atoms with Crippen LogP contribution in [-0.4, -0.2) is 20.4 Å². The lowest BCUT2D eigenvalue weighted by Crippen LogP contribution is -2.11. The fourth-order valence-corrected chi connectivity index (χ4v) is 8.29. The van der Waals surface area contributed by atoms with Crippen LogP contribution in [0.5, 0.6) is 23.0 Å². The Labute approximate surface area is 309 Å². The Morgan fingerprint density at radius 3 is 0.808 bits per heavy atom. The molecule has 0 bridgehead atoms. The first-order valence-corrected chi connectivity index (χ1v) is 18.2. The quantitative estimate of drug-likeness (QED) is 0.131. The van der Waals surface area contributed by atoms with E-state index in [0.717, 1.165) is 111 Å². The number of hydrogen-bond acceptors (Lipinski definition) is 4. The molecule has 0 spiro atoms. The Balaban J connectivity index is 1.65. The van der Waals surface area contributed by atoms with E-state index in [1.54, 1.807) is 0 Å². The Kier molecular flexibility index (Phi) is 9.42. The number of phenols is 4. The van der Waals surface area contributed by atoms with Gasteiger partial charge in [-0.15, -0.1) is 0 Å². The third kappa shape index (κ3) is 5.88. The summed E-state index contributed by atoms with van der Waals surface area (Å²) in [6, 6.07) is 21.9. The molecule has 0 fully saturated rings. The first-order valence-electron chi connectivity index (χ1n) is 18.2. The van der Waals surface area contributed by atoms with Crippen molar-refractivity contribution in [3.63, 3.8) is 0 Å². The zero-order valence-corrected chi connectivity index (χ0v) is 32.7. The van der Waals surface area contributed by atoms with Gasteiger partial charge in [-0.1, -0.05) is 60.7 Å². The van der Waals surface area contributed by atoms with Crippen molar-refractivity contribution in [2.75, 3.05) is 0 Å². The molecule has 0 saturated heterocycles. The molecule has 0 radical (unpaired) electrons. The second-order valence-electron chi connectivity index (χ2n) is 15.3. The molecule has 0 saturated carbocycles. The molecule has 0 aliphatic carbocycles. The summed E-state index contributed by atoms with van der Waals surface area (Å²) < 4.78 is 0. The van der Waals surface area contributed by atoms with Crippen molar-refractivity contribution in [3.8, 4) is 23.0 Å². The molecular weight excluding hydrogens is 641 g/mol. The summed E-state index contributed by atoms with van der Waals surface area (Å²) in [6.07, 6.45) is 0. The maximum Gasteiger partial charge on any atom is 0.121 e. The third-order valence-corrected chi connectivity index (χ3v) is 12.2. The van der Waals surface area contributed by atoms with E-state index < -0.39 is 0 Å². The number of hydrogen-bond donors (Lipinski definition) is 4. The second-order valence-corrected chi connectivity index (χ2v) is 15.3. The van der Waals surface area contributed by atoms with Gasteiger partial charge in [0.25, 0.3) is 0 Å². The number of fused-ring (bicyclic) bond motifs is 1. The highest BCUT2D eigenvalue weighted by molar-refractivity contribution is 5.85. The molecule has 0 amide bonds. The van der Waals surface area contributed by atoms with E-state index in [9.17, 15) is 20.4 Å². The van der Waals surface area contributed by atoms with Crippen molar-refractivity contribution in [1.29, 1.82) is 0 Å². The van der Waals surface area contributed by atoms with Crippen LogP contribution in [0.3, 0.4) is 0 Å². The van der Waals surface area contributed by atoms with Gasteiger partial charge in [0.2, 0.25) is 0 Å². The van der Waals surface area contributed by atoms with E-state index in [4.69, 9.17) is 0 Å². The number of benzene rings is 6. The van der Waals surface area contributed by atoms with Crippen LogP contribution in [0.15, 0.2) is 60.7 Å². The van der Waals surface area contributed by atoms with Crippen LogP contribution in [0.25, 0.3) is 10.8 Å². The zero-order valence-electron chi connectivity index (χ0n) is 32.7. The van der Waals surface area contributed by atoms with Gasteiger partial charge in [-0.25, -0.2) is 0 Å². The van der Waals surface area contributed by atoms with E-state index >= 15 is 0 Å². The Morgan fingerprint density at radius 2 is 0.558 bits per heavy atom. The zero-order chi connectivity index (χ0) is 38.1. The maximum absolute atomic E-state index is 10.9. The molecule has 4 heteroatoms. The molecule has 4 N–H and O–H groups in total. The fourth-order valence-electron chi connectivity index (χ4n) is 8.29. The number of aromatic hydroxyl groups is 4. The van der Waals surface area contributed by atoms with Gasteiger partial charge in [0.1, 0.15) is 23.0 Å². The van der Waals surface area contributed by atoms with E-state index in [-0.39, 0.29) is 11.8 Å². The minimum Gasteiger partial charge on any atom is -0.507 e. The molecule has 6 aromatic rings. The lowest BCUT2D eigenvalue weighted by atomic mass is 9.76. The van der Waals surface area contributed by atoms with Gasteiger partial charge in [0.15, 0.2) is 0 Å². The number of rotatable bonds is 6. The fraction of sp³-hybridized carbons (Fsp3) is 0.292. The molecule has 0 atom stereocenters. The van der Waals surface area contributed by atoms with Crippen LogP contribution in [0.1, 0.15) is 112 Å². The Bertz CT molecular complexity index is 2140. The van der Waals surface area contributed by atoms with Crippen molar-refractivity contribution in [3.05, 3.63) is 161 Å². The maximum atomic E-state index is 10.9. The first kappa shape index (κ1) is 36.6. The molecule has 0 aromatic heterocycles. The molecule has 52 heavy (non-hydrogen) atoms. The normalized spacial score (nSPS) is 11.7. The van der Waals surface area contributed by atoms with E-state index in [1.807, 2.05) is 55.4 Å². The predicted molar refractivity (Wildman–Crippen MR) is 215 cm³/mol. The summed E-state index contributed by atoms with van der Waals surface area (Å²) in [7, 11) is 0. The summed E-state index contributed by atoms with van der Waals surface area (Å²) >= 11 is 0. The second kappa shape index (κ2) is 13.4. The SMILES string of the molecule is Cc1cc(C(c2ccc3ccc(C(c4cc(C)c(O)c(C)c4C)c4cc(C)c(O)c(C)c4C)cc3c2)c2cc(C)c(O)c(C)c2C)c(C)c(C)c1O. The van der Waals surface area contributed by atoms with Crippen LogP contribution in [0.2, 0.25) is 0 Å². The molecule has 6 aromatic carbocycles. The summed E-state index contributed by atoms with van der Waals surface area (Å²) in [5.74, 6) is 1.02. The van der Waals surface area contributed by atoms with Gasteiger partial charge in [-0.3, -0.25) is 0 Å². The van der Waals surface area contributed by atoms with Crippen molar-refractivity contribution in [1.82, 2.24) is 0 Å². The lowest BCUT2D eigenvalue weighted by Gasteiger charge is -2.28. The highest BCUT2D eigenvalue weighted by Crippen LogP contribution is 2.45. The average molecular weight is 693 g/mol. The minimum absolute atomic E-state index is 0.144. The summed E-state index contributed by atoms with van der Waals surface area (Å²) in [5.41, 5.74) is 17.8.